The van der Waals surface area contributed by atoms with Gasteiger partial charge >= 0.3 is 0 Å². The lowest BCUT2D eigenvalue weighted by Crippen LogP contribution is -2.28. The van der Waals surface area contributed by atoms with E-state index in [-0.39, 0.29) is 23.9 Å². The molecule has 0 aliphatic rings. The van der Waals surface area contributed by atoms with Gasteiger partial charge in [-0.25, -0.2) is 4.98 Å². The summed E-state index contributed by atoms with van der Waals surface area (Å²) in [6, 6.07) is 7.93. The number of H-pyrrole nitrogens is 1. The average molecular weight is 313 g/mol. The Kier molecular flexibility index (Phi) is 5.32. The van der Waals surface area contributed by atoms with Gasteiger partial charge in [0.05, 0.1) is 6.04 Å². The number of aryl methyl sites for hydroxylation is 3. The summed E-state index contributed by atoms with van der Waals surface area (Å²) in [6.45, 7) is 7.53. The monoisotopic (exact) mass is 313 g/mol. The average Bonchev–Trinajstić information content (AvgIpc) is 2.46. The van der Waals surface area contributed by atoms with Crippen LogP contribution in [0.15, 0.2) is 29.1 Å². The van der Waals surface area contributed by atoms with Crippen molar-refractivity contribution in [2.75, 3.05) is 0 Å². The van der Waals surface area contributed by atoms with E-state index < -0.39 is 0 Å². The molecule has 1 aromatic heterocycles. The number of hydrogen-bond donors (Lipinski definition) is 2. The van der Waals surface area contributed by atoms with Crippen LogP contribution in [-0.4, -0.2) is 15.9 Å². The lowest BCUT2D eigenvalue weighted by molar-refractivity contribution is -0.121. The van der Waals surface area contributed by atoms with Crippen LogP contribution >= 0.6 is 0 Å². The van der Waals surface area contributed by atoms with Crippen molar-refractivity contribution in [2.24, 2.45) is 0 Å². The fourth-order valence-corrected chi connectivity index (χ4v) is 2.75. The quantitative estimate of drug-likeness (QED) is 0.890. The normalized spacial score (nSPS) is 12.0. The molecular weight excluding hydrogens is 290 g/mol. The maximum absolute atomic E-state index is 12.2. The topological polar surface area (TPSA) is 74.8 Å². The molecule has 2 rings (SSSR count). The summed E-state index contributed by atoms with van der Waals surface area (Å²) in [7, 11) is 0. The minimum atomic E-state index is -0.158. The van der Waals surface area contributed by atoms with Crippen LogP contribution in [0.4, 0.5) is 0 Å². The van der Waals surface area contributed by atoms with Gasteiger partial charge in [-0.1, -0.05) is 24.3 Å². The van der Waals surface area contributed by atoms with Gasteiger partial charge in [-0.2, -0.15) is 0 Å². The SMILES string of the molecule is Cc1nc(C)c(CCC(=O)NC(C)c2ccccc2C)c(=O)[nH]1. The van der Waals surface area contributed by atoms with E-state index in [1.165, 1.54) is 0 Å². The smallest absolute Gasteiger partial charge is 0.254 e. The first-order valence-electron chi connectivity index (χ1n) is 7.79. The molecule has 5 nitrogen and oxygen atoms in total. The van der Waals surface area contributed by atoms with E-state index in [9.17, 15) is 9.59 Å². The predicted octanol–water partition coefficient (Wildman–Crippen LogP) is 2.51. The molecular formula is C18H23N3O2. The fourth-order valence-electron chi connectivity index (χ4n) is 2.75. The second kappa shape index (κ2) is 7.22. The van der Waals surface area contributed by atoms with Gasteiger partial charge in [-0.3, -0.25) is 9.59 Å². The Morgan fingerprint density at radius 1 is 1.26 bits per heavy atom. The van der Waals surface area contributed by atoms with Crippen molar-refractivity contribution >= 4 is 5.91 Å². The first-order chi connectivity index (χ1) is 10.9. The van der Waals surface area contributed by atoms with Crippen molar-refractivity contribution in [3.8, 4) is 0 Å². The highest BCUT2D eigenvalue weighted by atomic mass is 16.1. The van der Waals surface area contributed by atoms with Crippen LogP contribution in [0, 0.1) is 20.8 Å². The van der Waals surface area contributed by atoms with Crippen LogP contribution in [0.3, 0.4) is 0 Å². The van der Waals surface area contributed by atoms with Crippen molar-refractivity contribution in [1.82, 2.24) is 15.3 Å². The largest absolute Gasteiger partial charge is 0.350 e. The summed E-state index contributed by atoms with van der Waals surface area (Å²) >= 11 is 0. The van der Waals surface area contributed by atoms with Gasteiger partial charge in [-0.15, -0.1) is 0 Å². The zero-order chi connectivity index (χ0) is 17.0. The van der Waals surface area contributed by atoms with Gasteiger partial charge in [0.2, 0.25) is 5.91 Å². The zero-order valence-corrected chi connectivity index (χ0v) is 14.1. The van der Waals surface area contributed by atoms with Gasteiger partial charge in [0.1, 0.15) is 5.82 Å². The van der Waals surface area contributed by atoms with E-state index in [1.807, 2.05) is 38.1 Å². The van der Waals surface area contributed by atoms with Crippen molar-refractivity contribution in [2.45, 2.75) is 46.6 Å². The standard InChI is InChI=1S/C18H23N3O2/c1-11-7-5-6-8-15(11)12(2)20-17(22)10-9-16-13(3)19-14(4)21-18(16)23/h5-8,12H,9-10H2,1-4H3,(H,20,22)(H,19,21,23). The van der Waals surface area contributed by atoms with E-state index in [4.69, 9.17) is 0 Å². The van der Waals surface area contributed by atoms with Crippen LogP contribution in [0.25, 0.3) is 0 Å². The first-order valence-corrected chi connectivity index (χ1v) is 7.79. The number of nitrogens with one attached hydrogen (secondary N) is 2. The van der Waals surface area contributed by atoms with Gasteiger partial charge < -0.3 is 10.3 Å². The Labute approximate surface area is 136 Å². The third kappa shape index (κ3) is 4.28. The molecule has 0 saturated heterocycles. The number of carbonyl (C=O) groups is 1. The molecule has 1 amide bonds. The van der Waals surface area contributed by atoms with Crippen LogP contribution in [0.1, 0.15) is 47.6 Å². The molecule has 0 fully saturated rings. The van der Waals surface area contributed by atoms with Gasteiger partial charge in [0.15, 0.2) is 0 Å². The number of nitrogens with zero attached hydrogens (tertiary/aromatic N) is 1. The van der Waals surface area contributed by atoms with E-state index in [0.29, 0.717) is 23.5 Å². The van der Waals surface area contributed by atoms with Crippen LogP contribution in [0.2, 0.25) is 0 Å². The molecule has 1 atom stereocenters. The molecule has 0 aliphatic carbocycles. The summed E-state index contributed by atoms with van der Waals surface area (Å²) in [5, 5.41) is 2.99. The third-order valence-corrected chi connectivity index (χ3v) is 3.98. The number of rotatable bonds is 5. The Morgan fingerprint density at radius 3 is 2.61 bits per heavy atom. The molecule has 122 valence electrons. The molecule has 1 heterocycles. The lowest BCUT2D eigenvalue weighted by Gasteiger charge is -2.16. The predicted molar refractivity (Wildman–Crippen MR) is 90.4 cm³/mol. The Balaban J connectivity index is 1.99. The molecule has 0 spiro atoms. The van der Waals surface area contributed by atoms with Crippen molar-refractivity contribution < 1.29 is 4.79 Å². The summed E-state index contributed by atoms with van der Waals surface area (Å²) in [6.07, 6.45) is 0.658. The Hall–Kier alpha value is -2.43. The Bertz CT molecular complexity index is 765. The van der Waals surface area contributed by atoms with E-state index in [0.717, 1.165) is 11.1 Å². The summed E-state index contributed by atoms with van der Waals surface area (Å²) in [4.78, 5) is 31.0. The highest BCUT2D eigenvalue weighted by Crippen LogP contribution is 2.16. The van der Waals surface area contributed by atoms with Crippen LogP contribution in [0.5, 0.6) is 0 Å². The van der Waals surface area contributed by atoms with Crippen molar-refractivity contribution in [3.63, 3.8) is 0 Å². The molecule has 0 aliphatic heterocycles. The summed E-state index contributed by atoms with van der Waals surface area (Å²) in [5.41, 5.74) is 3.36. The minimum Gasteiger partial charge on any atom is -0.350 e. The number of aromatic amines is 1. The van der Waals surface area contributed by atoms with Gasteiger partial charge in [-0.05, 0) is 45.2 Å². The molecule has 23 heavy (non-hydrogen) atoms. The molecule has 2 N–H and O–H groups in total. The third-order valence-electron chi connectivity index (χ3n) is 3.98. The molecule has 0 bridgehead atoms. The van der Waals surface area contributed by atoms with E-state index >= 15 is 0 Å². The maximum Gasteiger partial charge on any atom is 0.254 e. The van der Waals surface area contributed by atoms with Crippen LogP contribution in [-0.2, 0) is 11.2 Å². The zero-order valence-electron chi connectivity index (χ0n) is 14.1. The van der Waals surface area contributed by atoms with Crippen molar-refractivity contribution in [1.29, 1.82) is 0 Å². The molecule has 2 aromatic rings. The van der Waals surface area contributed by atoms with Crippen molar-refractivity contribution in [3.05, 3.63) is 62.8 Å². The molecule has 1 unspecified atom stereocenters. The fraction of sp³-hybridized carbons (Fsp3) is 0.389. The highest BCUT2D eigenvalue weighted by Gasteiger charge is 2.13. The first kappa shape index (κ1) is 16.9. The molecule has 5 heteroatoms. The number of amides is 1. The molecule has 0 saturated carbocycles. The maximum atomic E-state index is 12.2. The number of aromatic nitrogens is 2. The van der Waals surface area contributed by atoms with Gasteiger partial charge in [0.25, 0.3) is 5.56 Å². The summed E-state index contributed by atoms with van der Waals surface area (Å²) in [5.74, 6) is 0.522. The highest BCUT2D eigenvalue weighted by molar-refractivity contribution is 5.76. The second-order valence-corrected chi connectivity index (χ2v) is 5.86. The number of hydrogen-bond acceptors (Lipinski definition) is 3. The van der Waals surface area contributed by atoms with Crippen LogP contribution < -0.4 is 10.9 Å². The number of carbonyl (C=O) groups excluding carboxylic acids is 1. The van der Waals surface area contributed by atoms with E-state index in [1.54, 1.807) is 13.8 Å². The van der Waals surface area contributed by atoms with Gasteiger partial charge in [0, 0.05) is 17.7 Å². The second-order valence-electron chi connectivity index (χ2n) is 5.86. The molecule has 1 aromatic carbocycles. The van der Waals surface area contributed by atoms with E-state index in [2.05, 4.69) is 15.3 Å². The lowest BCUT2D eigenvalue weighted by atomic mass is 10.0. The summed E-state index contributed by atoms with van der Waals surface area (Å²) < 4.78 is 0. The number of benzene rings is 1. The Morgan fingerprint density at radius 2 is 1.96 bits per heavy atom. The minimum absolute atomic E-state index is 0.0563. The molecule has 0 radical (unpaired) electrons.